The van der Waals surface area contributed by atoms with Crippen molar-refractivity contribution in [2.75, 3.05) is 12.4 Å². The van der Waals surface area contributed by atoms with Gasteiger partial charge in [0.1, 0.15) is 12.4 Å². The summed E-state index contributed by atoms with van der Waals surface area (Å²) in [7, 11) is 3.60. The number of fused-ring (bicyclic) bond motifs is 1. The fraction of sp³-hybridized carbons (Fsp3) is 0.308. The van der Waals surface area contributed by atoms with E-state index in [1.807, 2.05) is 14.0 Å². The summed E-state index contributed by atoms with van der Waals surface area (Å²) in [6.45, 7) is 2.05. The van der Waals surface area contributed by atoms with Gasteiger partial charge in [0.2, 0.25) is 0 Å². The number of aromatic nitrogens is 6. The van der Waals surface area contributed by atoms with Gasteiger partial charge in [-0.2, -0.15) is 10.2 Å². The Labute approximate surface area is 120 Å². The molecule has 0 fully saturated rings. The molecule has 0 saturated heterocycles. The number of anilines is 1. The van der Waals surface area contributed by atoms with Gasteiger partial charge in [-0.15, -0.1) is 0 Å². The average molecular weight is 285 g/mol. The van der Waals surface area contributed by atoms with Gasteiger partial charge in [-0.25, -0.2) is 14.6 Å². The van der Waals surface area contributed by atoms with E-state index in [4.69, 9.17) is 0 Å². The smallest absolute Gasteiger partial charge is 0.267 e. The number of hydrogen-bond donors (Lipinski definition) is 1. The first-order valence-electron chi connectivity index (χ1n) is 6.49. The number of rotatable bonds is 3. The Morgan fingerprint density at radius 1 is 1.29 bits per heavy atom. The van der Waals surface area contributed by atoms with Gasteiger partial charge >= 0.3 is 0 Å². The number of nitrogens with one attached hydrogen (secondary N) is 1. The molecule has 1 N–H and O–H groups in total. The topological polar surface area (TPSA) is 90.5 Å². The van der Waals surface area contributed by atoms with Crippen LogP contribution in [0.5, 0.6) is 0 Å². The minimum Gasteiger partial charge on any atom is -0.372 e. The van der Waals surface area contributed by atoms with Crippen LogP contribution < -0.4 is 10.9 Å². The molecule has 0 radical (unpaired) electrons. The molecule has 0 bridgehead atoms. The molecule has 8 heteroatoms. The molecule has 0 aliphatic heterocycles. The van der Waals surface area contributed by atoms with Gasteiger partial charge in [-0.1, -0.05) is 0 Å². The molecule has 21 heavy (non-hydrogen) atoms. The van der Waals surface area contributed by atoms with Crippen LogP contribution in [0.4, 0.5) is 5.82 Å². The summed E-state index contributed by atoms with van der Waals surface area (Å²) >= 11 is 0. The Morgan fingerprint density at radius 3 is 2.86 bits per heavy atom. The van der Waals surface area contributed by atoms with E-state index in [-0.39, 0.29) is 12.1 Å². The Kier molecular flexibility index (Phi) is 3.13. The number of hydrogen-bond acceptors (Lipinski definition) is 6. The van der Waals surface area contributed by atoms with Crippen molar-refractivity contribution in [1.82, 2.24) is 29.5 Å². The predicted octanol–water partition coefficient (Wildman–Crippen LogP) is 0.318. The van der Waals surface area contributed by atoms with Crippen molar-refractivity contribution < 1.29 is 0 Å². The summed E-state index contributed by atoms with van der Waals surface area (Å²) in [4.78, 5) is 20.7. The normalized spacial score (nSPS) is 11.0. The quantitative estimate of drug-likeness (QED) is 0.745. The van der Waals surface area contributed by atoms with E-state index in [1.165, 1.54) is 10.7 Å². The molecule has 0 unspecified atom stereocenters. The van der Waals surface area contributed by atoms with Gasteiger partial charge in [-0.05, 0) is 13.0 Å². The number of aryl methyl sites for hydroxylation is 2. The van der Waals surface area contributed by atoms with Crippen LogP contribution in [-0.2, 0) is 13.6 Å². The zero-order chi connectivity index (χ0) is 15.0. The summed E-state index contributed by atoms with van der Waals surface area (Å²) in [6.07, 6.45) is 1.71. The minimum absolute atomic E-state index is 0.180. The van der Waals surface area contributed by atoms with Gasteiger partial charge in [0, 0.05) is 20.2 Å². The van der Waals surface area contributed by atoms with Crippen LogP contribution in [0.2, 0.25) is 0 Å². The van der Waals surface area contributed by atoms with Crippen LogP contribution in [0, 0.1) is 6.92 Å². The highest BCUT2D eigenvalue weighted by atomic mass is 16.1. The van der Waals surface area contributed by atoms with Crippen molar-refractivity contribution in [2.45, 2.75) is 13.5 Å². The summed E-state index contributed by atoms with van der Waals surface area (Å²) in [5, 5.41) is 12.2. The standard InChI is InChI=1S/C13H15N7O/c1-8-4-5-11(21)20(18-8)7-10-16-12(14-2)9-6-15-19(3)13(9)17-10/h4-6H,7H2,1-3H3,(H,14,16,17). The molecular formula is C13H15N7O. The number of nitrogens with zero attached hydrogens (tertiary/aromatic N) is 6. The summed E-state index contributed by atoms with van der Waals surface area (Å²) in [5.74, 6) is 1.19. The maximum Gasteiger partial charge on any atom is 0.267 e. The van der Waals surface area contributed by atoms with E-state index in [9.17, 15) is 4.79 Å². The lowest BCUT2D eigenvalue weighted by Gasteiger charge is -2.07. The molecule has 3 aromatic rings. The van der Waals surface area contributed by atoms with Crippen molar-refractivity contribution in [3.63, 3.8) is 0 Å². The molecule has 0 saturated carbocycles. The molecular weight excluding hydrogens is 270 g/mol. The van der Waals surface area contributed by atoms with E-state index >= 15 is 0 Å². The second-order valence-electron chi connectivity index (χ2n) is 4.71. The van der Waals surface area contributed by atoms with Crippen molar-refractivity contribution in [3.05, 3.63) is 40.2 Å². The van der Waals surface area contributed by atoms with Crippen molar-refractivity contribution in [3.8, 4) is 0 Å². The molecule has 0 aliphatic rings. The van der Waals surface area contributed by atoms with Crippen LogP contribution in [0.15, 0.2) is 23.1 Å². The molecule has 0 amide bonds. The van der Waals surface area contributed by atoms with Crippen molar-refractivity contribution in [2.24, 2.45) is 7.05 Å². The summed E-state index contributed by atoms with van der Waals surface area (Å²) in [5.41, 5.74) is 1.30. The second-order valence-corrected chi connectivity index (χ2v) is 4.71. The van der Waals surface area contributed by atoms with Gasteiger partial charge in [0.05, 0.1) is 17.3 Å². The highest BCUT2D eigenvalue weighted by Crippen LogP contribution is 2.18. The Hall–Kier alpha value is -2.77. The highest BCUT2D eigenvalue weighted by molar-refractivity contribution is 5.86. The SMILES string of the molecule is CNc1nc(Cn2nc(C)ccc2=O)nc2c1cnn2C. The van der Waals surface area contributed by atoms with Crippen LogP contribution in [0.1, 0.15) is 11.5 Å². The maximum absolute atomic E-state index is 11.8. The lowest BCUT2D eigenvalue weighted by atomic mass is 10.3. The van der Waals surface area contributed by atoms with Crippen molar-refractivity contribution >= 4 is 16.9 Å². The van der Waals surface area contributed by atoms with Crippen LogP contribution >= 0.6 is 0 Å². The summed E-state index contributed by atoms with van der Waals surface area (Å²) < 4.78 is 3.03. The fourth-order valence-corrected chi connectivity index (χ4v) is 2.13. The third kappa shape index (κ3) is 2.35. The molecule has 8 nitrogen and oxygen atoms in total. The third-order valence-corrected chi connectivity index (χ3v) is 3.17. The maximum atomic E-state index is 11.8. The molecule has 3 aromatic heterocycles. The Balaban J connectivity index is 2.10. The van der Waals surface area contributed by atoms with Crippen LogP contribution in [0.3, 0.4) is 0 Å². The largest absolute Gasteiger partial charge is 0.372 e. The zero-order valence-corrected chi connectivity index (χ0v) is 12.0. The first-order chi connectivity index (χ1) is 10.1. The molecule has 108 valence electrons. The van der Waals surface area contributed by atoms with Gasteiger partial charge in [0.15, 0.2) is 11.5 Å². The van der Waals surface area contributed by atoms with E-state index < -0.39 is 0 Å². The van der Waals surface area contributed by atoms with Gasteiger partial charge in [0.25, 0.3) is 5.56 Å². The molecule has 0 aromatic carbocycles. The first-order valence-corrected chi connectivity index (χ1v) is 6.49. The first kappa shape index (κ1) is 13.2. The van der Waals surface area contributed by atoms with E-state index in [0.717, 1.165) is 11.1 Å². The third-order valence-electron chi connectivity index (χ3n) is 3.17. The highest BCUT2D eigenvalue weighted by Gasteiger charge is 2.11. The lowest BCUT2D eigenvalue weighted by Crippen LogP contribution is -2.24. The average Bonchev–Trinajstić information content (AvgIpc) is 2.84. The van der Waals surface area contributed by atoms with Crippen LogP contribution in [-0.4, -0.2) is 36.6 Å². The summed E-state index contributed by atoms with van der Waals surface area (Å²) in [6, 6.07) is 3.17. The van der Waals surface area contributed by atoms with Crippen molar-refractivity contribution in [1.29, 1.82) is 0 Å². The Morgan fingerprint density at radius 2 is 2.10 bits per heavy atom. The molecule has 0 spiro atoms. The van der Waals surface area contributed by atoms with E-state index in [1.54, 1.807) is 24.0 Å². The second kappa shape index (κ2) is 4.97. The molecule has 0 aliphatic carbocycles. The fourth-order valence-electron chi connectivity index (χ4n) is 2.13. The van der Waals surface area contributed by atoms with Crippen LogP contribution in [0.25, 0.3) is 11.0 Å². The van der Waals surface area contributed by atoms with Gasteiger partial charge < -0.3 is 5.32 Å². The monoisotopic (exact) mass is 285 g/mol. The van der Waals surface area contributed by atoms with E-state index in [0.29, 0.717) is 17.3 Å². The zero-order valence-electron chi connectivity index (χ0n) is 12.0. The molecule has 3 heterocycles. The van der Waals surface area contributed by atoms with E-state index in [2.05, 4.69) is 25.5 Å². The molecule has 3 rings (SSSR count). The lowest BCUT2D eigenvalue weighted by molar-refractivity contribution is 0.606. The molecule has 0 atom stereocenters. The van der Waals surface area contributed by atoms with Gasteiger partial charge in [-0.3, -0.25) is 9.48 Å². The Bertz CT molecular complexity index is 865. The minimum atomic E-state index is -0.180. The predicted molar refractivity (Wildman–Crippen MR) is 78.2 cm³/mol.